The van der Waals surface area contributed by atoms with Crippen LogP contribution in [0, 0.1) is 13.8 Å². The molecule has 3 heteroatoms. The molecule has 1 aromatic rings. The van der Waals surface area contributed by atoms with Crippen LogP contribution in [0.4, 0.5) is 0 Å². The zero-order valence-electron chi connectivity index (χ0n) is 10.2. The first kappa shape index (κ1) is 12.7. The Morgan fingerprint density at radius 3 is 2.62 bits per heavy atom. The predicted molar refractivity (Wildman–Crippen MR) is 66.5 cm³/mol. The SMILES string of the molecule is Cc1ccc(C(=O)NCCC(C)N)cc1C. The fourth-order valence-electron chi connectivity index (χ4n) is 1.40. The summed E-state index contributed by atoms with van der Waals surface area (Å²) in [5.41, 5.74) is 8.67. The molecule has 0 spiro atoms. The van der Waals surface area contributed by atoms with E-state index in [9.17, 15) is 4.79 Å². The minimum Gasteiger partial charge on any atom is -0.352 e. The number of nitrogens with two attached hydrogens (primary N) is 1. The molecule has 1 unspecified atom stereocenters. The van der Waals surface area contributed by atoms with E-state index in [0.29, 0.717) is 12.1 Å². The van der Waals surface area contributed by atoms with Crippen molar-refractivity contribution in [2.45, 2.75) is 33.2 Å². The quantitative estimate of drug-likeness (QED) is 0.812. The molecule has 0 saturated carbocycles. The Kier molecular flexibility index (Phi) is 4.50. The van der Waals surface area contributed by atoms with Crippen molar-refractivity contribution in [3.8, 4) is 0 Å². The number of nitrogens with one attached hydrogen (secondary N) is 1. The number of aryl methyl sites for hydroxylation is 2. The lowest BCUT2D eigenvalue weighted by molar-refractivity contribution is 0.0952. The van der Waals surface area contributed by atoms with Crippen LogP contribution in [0.2, 0.25) is 0 Å². The number of rotatable bonds is 4. The molecular formula is C13H20N2O. The van der Waals surface area contributed by atoms with E-state index in [-0.39, 0.29) is 11.9 Å². The minimum absolute atomic E-state index is 0.0243. The lowest BCUT2D eigenvalue weighted by Gasteiger charge is -2.08. The van der Waals surface area contributed by atoms with E-state index < -0.39 is 0 Å². The topological polar surface area (TPSA) is 55.1 Å². The second-order valence-electron chi connectivity index (χ2n) is 4.32. The number of carbonyl (C=O) groups excluding carboxylic acids is 1. The predicted octanol–water partition coefficient (Wildman–Crippen LogP) is 1.77. The summed E-state index contributed by atoms with van der Waals surface area (Å²) in [4.78, 5) is 11.7. The van der Waals surface area contributed by atoms with Crippen molar-refractivity contribution < 1.29 is 4.79 Å². The van der Waals surface area contributed by atoms with Crippen LogP contribution in [-0.4, -0.2) is 18.5 Å². The van der Waals surface area contributed by atoms with Gasteiger partial charge in [0.05, 0.1) is 0 Å². The lowest BCUT2D eigenvalue weighted by atomic mass is 10.1. The highest BCUT2D eigenvalue weighted by molar-refractivity contribution is 5.94. The number of hydrogen-bond acceptors (Lipinski definition) is 2. The van der Waals surface area contributed by atoms with Gasteiger partial charge in [0.25, 0.3) is 5.91 Å². The average Bonchev–Trinajstić information content (AvgIpc) is 2.21. The van der Waals surface area contributed by atoms with Gasteiger partial charge in [-0.2, -0.15) is 0 Å². The van der Waals surface area contributed by atoms with Crippen LogP contribution in [0.15, 0.2) is 18.2 Å². The molecule has 0 radical (unpaired) electrons. The van der Waals surface area contributed by atoms with E-state index in [1.165, 1.54) is 5.56 Å². The molecule has 1 amide bonds. The Morgan fingerprint density at radius 2 is 2.06 bits per heavy atom. The fourth-order valence-corrected chi connectivity index (χ4v) is 1.40. The Morgan fingerprint density at radius 1 is 1.38 bits per heavy atom. The van der Waals surface area contributed by atoms with Crippen LogP contribution < -0.4 is 11.1 Å². The van der Waals surface area contributed by atoms with Crippen molar-refractivity contribution in [2.75, 3.05) is 6.54 Å². The fraction of sp³-hybridized carbons (Fsp3) is 0.462. The van der Waals surface area contributed by atoms with Gasteiger partial charge in [0.1, 0.15) is 0 Å². The van der Waals surface area contributed by atoms with Crippen LogP contribution in [0.5, 0.6) is 0 Å². The molecule has 0 heterocycles. The van der Waals surface area contributed by atoms with Crippen molar-refractivity contribution >= 4 is 5.91 Å². The summed E-state index contributed by atoms with van der Waals surface area (Å²) in [7, 11) is 0. The third kappa shape index (κ3) is 3.66. The Bertz CT molecular complexity index is 372. The van der Waals surface area contributed by atoms with Gasteiger partial charge in [-0.1, -0.05) is 6.07 Å². The molecule has 0 bridgehead atoms. The molecule has 0 aliphatic heterocycles. The van der Waals surface area contributed by atoms with E-state index in [2.05, 4.69) is 5.32 Å². The second-order valence-corrected chi connectivity index (χ2v) is 4.32. The summed E-state index contributed by atoms with van der Waals surface area (Å²) in [6.45, 7) is 6.60. The van der Waals surface area contributed by atoms with Gasteiger partial charge in [-0.3, -0.25) is 4.79 Å². The Balaban J connectivity index is 2.56. The molecule has 0 aliphatic carbocycles. The largest absolute Gasteiger partial charge is 0.352 e. The monoisotopic (exact) mass is 220 g/mol. The standard InChI is InChI=1S/C13H20N2O/c1-9-4-5-12(8-10(9)2)13(16)15-7-6-11(3)14/h4-5,8,11H,6-7,14H2,1-3H3,(H,15,16). The number of amides is 1. The summed E-state index contributed by atoms with van der Waals surface area (Å²) in [6, 6.07) is 5.86. The molecule has 3 nitrogen and oxygen atoms in total. The second kappa shape index (κ2) is 5.66. The third-order valence-corrected chi connectivity index (χ3v) is 2.65. The zero-order valence-corrected chi connectivity index (χ0v) is 10.2. The first-order valence-electron chi connectivity index (χ1n) is 5.61. The number of benzene rings is 1. The number of carbonyl (C=O) groups is 1. The van der Waals surface area contributed by atoms with Gasteiger partial charge in [0.15, 0.2) is 0 Å². The molecule has 1 atom stereocenters. The molecule has 1 rings (SSSR count). The first-order chi connectivity index (χ1) is 7.50. The summed E-state index contributed by atoms with van der Waals surface area (Å²) in [5, 5.41) is 2.86. The molecule has 16 heavy (non-hydrogen) atoms. The molecular weight excluding hydrogens is 200 g/mol. The van der Waals surface area contributed by atoms with Crippen molar-refractivity contribution in [3.05, 3.63) is 34.9 Å². The third-order valence-electron chi connectivity index (χ3n) is 2.65. The minimum atomic E-state index is -0.0243. The van der Waals surface area contributed by atoms with Crippen LogP contribution in [0.1, 0.15) is 34.8 Å². The maximum absolute atomic E-state index is 11.7. The van der Waals surface area contributed by atoms with Gasteiger partial charge < -0.3 is 11.1 Å². The van der Waals surface area contributed by atoms with Crippen molar-refractivity contribution in [3.63, 3.8) is 0 Å². The zero-order chi connectivity index (χ0) is 12.1. The van der Waals surface area contributed by atoms with E-state index in [1.807, 2.05) is 39.0 Å². The van der Waals surface area contributed by atoms with E-state index in [4.69, 9.17) is 5.73 Å². The Hall–Kier alpha value is -1.35. The molecule has 0 aliphatic rings. The summed E-state index contributed by atoms with van der Waals surface area (Å²) in [6.07, 6.45) is 0.802. The lowest BCUT2D eigenvalue weighted by Crippen LogP contribution is -2.28. The smallest absolute Gasteiger partial charge is 0.251 e. The van der Waals surface area contributed by atoms with Crippen LogP contribution in [0.25, 0.3) is 0 Å². The molecule has 1 aromatic carbocycles. The highest BCUT2D eigenvalue weighted by atomic mass is 16.1. The van der Waals surface area contributed by atoms with Crippen molar-refractivity contribution in [2.24, 2.45) is 5.73 Å². The summed E-state index contributed by atoms with van der Waals surface area (Å²) >= 11 is 0. The van der Waals surface area contributed by atoms with Crippen LogP contribution >= 0.6 is 0 Å². The first-order valence-corrected chi connectivity index (χ1v) is 5.61. The summed E-state index contributed by atoms with van der Waals surface area (Å²) < 4.78 is 0. The van der Waals surface area contributed by atoms with Gasteiger partial charge in [-0.05, 0) is 50.5 Å². The van der Waals surface area contributed by atoms with Crippen LogP contribution in [0.3, 0.4) is 0 Å². The molecule has 3 N–H and O–H groups in total. The van der Waals surface area contributed by atoms with E-state index >= 15 is 0 Å². The number of hydrogen-bond donors (Lipinski definition) is 2. The van der Waals surface area contributed by atoms with Gasteiger partial charge in [0, 0.05) is 18.2 Å². The van der Waals surface area contributed by atoms with Crippen LogP contribution in [-0.2, 0) is 0 Å². The van der Waals surface area contributed by atoms with E-state index in [1.54, 1.807) is 0 Å². The van der Waals surface area contributed by atoms with Gasteiger partial charge in [-0.15, -0.1) is 0 Å². The normalized spacial score (nSPS) is 12.2. The van der Waals surface area contributed by atoms with Crippen molar-refractivity contribution in [1.29, 1.82) is 0 Å². The average molecular weight is 220 g/mol. The molecule has 0 aromatic heterocycles. The summed E-state index contributed by atoms with van der Waals surface area (Å²) in [5.74, 6) is -0.0243. The van der Waals surface area contributed by atoms with Gasteiger partial charge in [-0.25, -0.2) is 0 Å². The van der Waals surface area contributed by atoms with E-state index in [0.717, 1.165) is 12.0 Å². The molecule has 0 fully saturated rings. The van der Waals surface area contributed by atoms with Crippen molar-refractivity contribution in [1.82, 2.24) is 5.32 Å². The Labute approximate surface area is 97.0 Å². The maximum Gasteiger partial charge on any atom is 0.251 e. The highest BCUT2D eigenvalue weighted by Crippen LogP contribution is 2.09. The molecule has 0 saturated heterocycles. The maximum atomic E-state index is 11.7. The van der Waals surface area contributed by atoms with Gasteiger partial charge in [0.2, 0.25) is 0 Å². The molecule has 88 valence electrons. The highest BCUT2D eigenvalue weighted by Gasteiger charge is 2.06. The van der Waals surface area contributed by atoms with Gasteiger partial charge >= 0.3 is 0 Å².